The maximum atomic E-state index is 6.54. The van der Waals surface area contributed by atoms with Crippen LogP contribution in [0.3, 0.4) is 0 Å². The summed E-state index contributed by atoms with van der Waals surface area (Å²) in [6.07, 6.45) is 7.98. The smallest absolute Gasteiger partial charge is 0.0408 e. The summed E-state index contributed by atoms with van der Waals surface area (Å²) in [5, 5.41) is 1.09. The monoisotopic (exact) mass is 282 g/mol. The zero-order chi connectivity index (χ0) is 12.5. The van der Waals surface area contributed by atoms with E-state index in [4.69, 9.17) is 23.2 Å². The number of hydrogen-bond donors (Lipinski definition) is 0. The Hall–Kier alpha value is -0.200. The number of alkyl halides is 1. The van der Waals surface area contributed by atoms with Gasteiger partial charge in [-0.05, 0) is 67.6 Å². The Labute approximate surface area is 120 Å². The van der Waals surface area contributed by atoms with Crippen LogP contribution in [0, 0.1) is 17.8 Å². The molecule has 2 heteroatoms. The van der Waals surface area contributed by atoms with Crippen molar-refractivity contribution in [1.29, 1.82) is 0 Å². The summed E-state index contributed by atoms with van der Waals surface area (Å²) >= 11 is 12.5. The van der Waals surface area contributed by atoms with E-state index in [0.29, 0.717) is 0 Å². The predicted octanol–water partition coefficient (Wildman–Crippen LogP) is 5.32. The van der Waals surface area contributed by atoms with Crippen molar-refractivity contribution in [2.75, 3.05) is 0 Å². The van der Waals surface area contributed by atoms with Crippen LogP contribution < -0.4 is 0 Å². The van der Waals surface area contributed by atoms with Gasteiger partial charge in [-0.25, -0.2) is 0 Å². The van der Waals surface area contributed by atoms with E-state index in [0.717, 1.165) is 29.2 Å². The fourth-order valence-corrected chi connectivity index (χ4v) is 4.62. The van der Waals surface area contributed by atoms with Gasteiger partial charge in [-0.2, -0.15) is 0 Å². The molecule has 2 fully saturated rings. The topological polar surface area (TPSA) is 0 Å². The third kappa shape index (κ3) is 2.86. The third-order valence-electron chi connectivity index (χ3n) is 4.79. The van der Waals surface area contributed by atoms with Crippen LogP contribution in [0.1, 0.15) is 37.7 Å². The number of halogens is 2. The second-order valence-electron chi connectivity index (χ2n) is 6.10. The quantitative estimate of drug-likeness (QED) is 0.656. The van der Waals surface area contributed by atoms with Gasteiger partial charge in [0.15, 0.2) is 0 Å². The van der Waals surface area contributed by atoms with E-state index in [9.17, 15) is 0 Å². The summed E-state index contributed by atoms with van der Waals surface area (Å²) in [7, 11) is 0. The van der Waals surface area contributed by atoms with Crippen molar-refractivity contribution in [2.45, 2.75) is 43.9 Å². The van der Waals surface area contributed by atoms with Crippen LogP contribution in [0.15, 0.2) is 24.3 Å². The molecule has 2 aliphatic rings. The molecule has 2 saturated carbocycles. The summed E-state index contributed by atoms with van der Waals surface area (Å²) in [4.78, 5) is 0. The molecule has 4 unspecified atom stereocenters. The Morgan fingerprint density at radius 1 is 1.22 bits per heavy atom. The Morgan fingerprint density at radius 3 is 2.78 bits per heavy atom. The summed E-state index contributed by atoms with van der Waals surface area (Å²) in [6, 6.07) is 8.10. The van der Waals surface area contributed by atoms with E-state index in [1.165, 1.54) is 37.7 Å². The molecule has 1 aromatic carbocycles. The average molecular weight is 283 g/mol. The molecule has 0 aliphatic heterocycles. The molecule has 0 aromatic heterocycles. The van der Waals surface area contributed by atoms with Gasteiger partial charge in [0.05, 0.1) is 0 Å². The van der Waals surface area contributed by atoms with Crippen molar-refractivity contribution in [1.82, 2.24) is 0 Å². The number of rotatable bonds is 4. The van der Waals surface area contributed by atoms with Crippen molar-refractivity contribution in [2.24, 2.45) is 17.8 Å². The fourth-order valence-electron chi connectivity index (χ4n) is 4.00. The minimum atomic E-state index is 0.271. The standard InChI is InChI=1S/C16H20Cl2/c17-15-3-1-2-11(8-15)9-16(18)10-14-7-12-4-5-13(14)6-12/h1-3,8,12-14,16H,4-7,9-10H2. The van der Waals surface area contributed by atoms with Gasteiger partial charge in [-0.1, -0.05) is 30.2 Å². The summed E-state index contributed by atoms with van der Waals surface area (Å²) in [5.74, 6) is 2.90. The van der Waals surface area contributed by atoms with Crippen molar-refractivity contribution >= 4 is 23.2 Å². The molecule has 0 radical (unpaired) electrons. The van der Waals surface area contributed by atoms with E-state index in [1.807, 2.05) is 18.2 Å². The molecule has 0 nitrogen and oxygen atoms in total. The SMILES string of the molecule is Clc1cccc(CC(Cl)CC2CC3CCC2C3)c1. The normalized spacial score (nSPS) is 31.8. The van der Waals surface area contributed by atoms with Crippen molar-refractivity contribution in [3.8, 4) is 0 Å². The Balaban J connectivity index is 1.54. The van der Waals surface area contributed by atoms with Gasteiger partial charge in [-0.3, -0.25) is 0 Å². The van der Waals surface area contributed by atoms with Crippen LogP contribution in [-0.2, 0) is 6.42 Å². The zero-order valence-corrected chi connectivity index (χ0v) is 12.1. The molecule has 4 atom stereocenters. The first-order chi connectivity index (χ1) is 8.70. The minimum Gasteiger partial charge on any atom is -0.123 e. The summed E-state index contributed by atoms with van der Waals surface area (Å²) < 4.78 is 0. The predicted molar refractivity (Wildman–Crippen MR) is 78.4 cm³/mol. The maximum absolute atomic E-state index is 6.54. The van der Waals surface area contributed by atoms with Crippen molar-refractivity contribution in [3.05, 3.63) is 34.9 Å². The number of benzene rings is 1. The van der Waals surface area contributed by atoms with Crippen LogP contribution in [0.25, 0.3) is 0 Å². The van der Waals surface area contributed by atoms with Crippen molar-refractivity contribution in [3.63, 3.8) is 0 Å². The molecule has 0 N–H and O–H groups in total. The van der Waals surface area contributed by atoms with Gasteiger partial charge in [-0.15, -0.1) is 11.6 Å². The highest BCUT2D eigenvalue weighted by atomic mass is 35.5. The first kappa shape index (κ1) is 12.8. The van der Waals surface area contributed by atoms with E-state index < -0.39 is 0 Å². The van der Waals surface area contributed by atoms with E-state index in [-0.39, 0.29) is 5.38 Å². The molecule has 0 heterocycles. The van der Waals surface area contributed by atoms with Crippen LogP contribution in [0.4, 0.5) is 0 Å². The Kier molecular flexibility index (Phi) is 3.86. The highest BCUT2D eigenvalue weighted by Crippen LogP contribution is 2.50. The second kappa shape index (κ2) is 5.43. The fraction of sp³-hybridized carbons (Fsp3) is 0.625. The molecule has 1 aromatic rings. The highest BCUT2D eigenvalue weighted by Gasteiger charge is 2.39. The third-order valence-corrected chi connectivity index (χ3v) is 5.36. The molecule has 98 valence electrons. The van der Waals surface area contributed by atoms with E-state index >= 15 is 0 Å². The number of hydrogen-bond acceptors (Lipinski definition) is 0. The van der Waals surface area contributed by atoms with Gasteiger partial charge in [0.2, 0.25) is 0 Å². The van der Waals surface area contributed by atoms with Gasteiger partial charge >= 0.3 is 0 Å². The van der Waals surface area contributed by atoms with Gasteiger partial charge in [0, 0.05) is 10.4 Å². The molecule has 3 rings (SSSR count). The summed E-state index contributed by atoms with van der Waals surface area (Å²) in [5.41, 5.74) is 1.27. The molecular formula is C16H20Cl2. The number of fused-ring (bicyclic) bond motifs is 2. The lowest BCUT2D eigenvalue weighted by Gasteiger charge is -2.23. The molecule has 0 spiro atoms. The lowest BCUT2D eigenvalue weighted by atomic mass is 9.84. The lowest BCUT2D eigenvalue weighted by Crippen LogP contribution is -2.16. The molecule has 18 heavy (non-hydrogen) atoms. The van der Waals surface area contributed by atoms with Crippen LogP contribution in [-0.4, -0.2) is 5.38 Å². The molecular weight excluding hydrogens is 263 g/mol. The van der Waals surface area contributed by atoms with Crippen LogP contribution >= 0.6 is 23.2 Å². The first-order valence-electron chi connectivity index (χ1n) is 7.09. The average Bonchev–Trinajstić information content (AvgIpc) is 2.90. The van der Waals surface area contributed by atoms with Gasteiger partial charge in [0.1, 0.15) is 0 Å². The lowest BCUT2D eigenvalue weighted by molar-refractivity contribution is 0.310. The zero-order valence-electron chi connectivity index (χ0n) is 10.6. The summed E-state index contributed by atoms with van der Waals surface area (Å²) in [6.45, 7) is 0. The molecule has 0 saturated heterocycles. The largest absolute Gasteiger partial charge is 0.123 e. The van der Waals surface area contributed by atoms with Crippen LogP contribution in [0.2, 0.25) is 5.02 Å². The maximum Gasteiger partial charge on any atom is 0.0408 e. The Bertz CT molecular complexity index is 415. The molecule has 0 amide bonds. The van der Waals surface area contributed by atoms with E-state index in [2.05, 4.69) is 6.07 Å². The van der Waals surface area contributed by atoms with Gasteiger partial charge in [0.25, 0.3) is 0 Å². The second-order valence-corrected chi connectivity index (χ2v) is 7.16. The van der Waals surface area contributed by atoms with Gasteiger partial charge < -0.3 is 0 Å². The molecule has 2 bridgehead atoms. The minimum absolute atomic E-state index is 0.271. The first-order valence-corrected chi connectivity index (χ1v) is 7.90. The van der Waals surface area contributed by atoms with Crippen molar-refractivity contribution < 1.29 is 0 Å². The highest BCUT2D eigenvalue weighted by molar-refractivity contribution is 6.30. The Morgan fingerprint density at radius 2 is 2.11 bits per heavy atom. The van der Waals surface area contributed by atoms with Crippen LogP contribution in [0.5, 0.6) is 0 Å². The molecule has 2 aliphatic carbocycles. The van der Waals surface area contributed by atoms with E-state index in [1.54, 1.807) is 0 Å².